The van der Waals surface area contributed by atoms with Gasteiger partial charge in [-0.25, -0.2) is 4.79 Å². The zero-order valence-corrected chi connectivity index (χ0v) is 11.4. The van der Waals surface area contributed by atoms with E-state index >= 15 is 0 Å². The zero-order valence-electron chi connectivity index (χ0n) is 11.4. The first-order valence-electron chi connectivity index (χ1n) is 5.96. The lowest BCUT2D eigenvalue weighted by Gasteiger charge is -2.15. The molecule has 1 unspecified atom stereocenters. The van der Waals surface area contributed by atoms with Crippen molar-refractivity contribution >= 4 is 5.97 Å². The molecule has 0 fully saturated rings. The third-order valence-electron chi connectivity index (χ3n) is 2.65. The maximum Gasteiger partial charge on any atom is 0.351 e. The first kappa shape index (κ1) is 14.3. The van der Waals surface area contributed by atoms with Crippen molar-refractivity contribution in [2.75, 3.05) is 7.11 Å². The van der Waals surface area contributed by atoms with E-state index < -0.39 is 12.1 Å². The van der Waals surface area contributed by atoms with Crippen molar-refractivity contribution < 1.29 is 14.3 Å². The summed E-state index contributed by atoms with van der Waals surface area (Å²) in [5, 5.41) is 0. The van der Waals surface area contributed by atoms with Crippen LogP contribution in [0.4, 0.5) is 0 Å². The van der Waals surface area contributed by atoms with Gasteiger partial charge in [-0.3, -0.25) is 0 Å². The van der Waals surface area contributed by atoms with Crippen LogP contribution in [0.5, 0.6) is 5.75 Å². The van der Waals surface area contributed by atoms with Crippen molar-refractivity contribution in [3.8, 4) is 5.75 Å². The SMILES string of the molecule is C=CC(Oc1cc(C)cc(C(C)C)c1)C(=O)OC. The minimum Gasteiger partial charge on any atom is -0.475 e. The lowest BCUT2D eigenvalue weighted by Crippen LogP contribution is -2.26. The molecule has 0 aliphatic heterocycles. The van der Waals surface area contributed by atoms with Crippen molar-refractivity contribution in [1.82, 2.24) is 0 Å². The zero-order chi connectivity index (χ0) is 13.7. The van der Waals surface area contributed by atoms with Crippen LogP contribution < -0.4 is 4.74 Å². The molecule has 0 saturated heterocycles. The number of hydrogen-bond acceptors (Lipinski definition) is 3. The quantitative estimate of drug-likeness (QED) is 0.593. The van der Waals surface area contributed by atoms with E-state index in [9.17, 15) is 4.79 Å². The molecule has 3 nitrogen and oxygen atoms in total. The Hall–Kier alpha value is -1.77. The summed E-state index contributed by atoms with van der Waals surface area (Å²) in [7, 11) is 1.33. The van der Waals surface area contributed by atoms with Gasteiger partial charge in [0, 0.05) is 0 Å². The Labute approximate surface area is 108 Å². The van der Waals surface area contributed by atoms with E-state index in [1.807, 2.05) is 19.1 Å². The summed E-state index contributed by atoms with van der Waals surface area (Å²) < 4.78 is 10.2. The Morgan fingerprint density at radius 2 is 2.00 bits per heavy atom. The predicted molar refractivity (Wildman–Crippen MR) is 71.9 cm³/mol. The van der Waals surface area contributed by atoms with E-state index in [2.05, 4.69) is 31.2 Å². The van der Waals surface area contributed by atoms with Crippen molar-refractivity contribution in [1.29, 1.82) is 0 Å². The van der Waals surface area contributed by atoms with Gasteiger partial charge in [0.1, 0.15) is 5.75 Å². The molecular weight excluding hydrogens is 228 g/mol. The van der Waals surface area contributed by atoms with Gasteiger partial charge in [0.15, 0.2) is 0 Å². The van der Waals surface area contributed by atoms with E-state index in [4.69, 9.17) is 4.74 Å². The van der Waals surface area contributed by atoms with Crippen LogP contribution in [0, 0.1) is 6.92 Å². The van der Waals surface area contributed by atoms with Gasteiger partial charge in [-0.1, -0.05) is 26.5 Å². The van der Waals surface area contributed by atoms with Gasteiger partial charge < -0.3 is 9.47 Å². The Kier molecular flexibility index (Phi) is 4.95. The molecule has 0 radical (unpaired) electrons. The summed E-state index contributed by atoms with van der Waals surface area (Å²) in [6, 6.07) is 5.95. The van der Waals surface area contributed by atoms with Gasteiger partial charge in [-0.15, -0.1) is 0 Å². The molecule has 3 heteroatoms. The van der Waals surface area contributed by atoms with Gasteiger partial charge in [-0.2, -0.15) is 0 Å². The smallest absolute Gasteiger partial charge is 0.351 e. The van der Waals surface area contributed by atoms with E-state index in [0.717, 1.165) is 5.56 Å². The first-order chi connectivity index (χ1) is 8.47. The van der Waals surface area contributed by atoms with E-state index in [1.54, 1.807) is 0 Å². The fourth-order valence-corrected chi connectivity index (χ4v) is 1.63. The highest BCUT2D eigenvalue weighted by atomic mass is 16.6. The Morgan fingerprint density at radius 1 is 1.33 bits per heavy atom. The summed E-state index contributed by atoms with van der Waals surface area (Å²) in [5.74, 6) is 0.624. The van der Waals surface area contributed by atoms with Gasteiger partial charge in [-0.05, 0) is 42.2 Å². The number of methoxy groups -OCH3 is 1. The number of esters is 1. The van der Waals surface area contributed by atoms with E-state index in [1.165, 1.54) is 18.7 Å². The highest BCUT2D eigenvalue weighted by Crippen LogP contribution is 2.23. The first-order valence-corrected chi connectivity index (χ1v) is 5.96. The number of hydrogen-bond donors (Lipinski definition) is 0. The van der Waals surface area contributed by atoms with Crippen molar-refractivity contribution in [3.05, 3.63) is 42.0 Å². The number of rotatable bonds is 5. The van der Waals surface area contributed by atoms with Crippen LogP contribution in [-0.4, -0.2) is 19.2 Å². The molecule has 0 amide bonds. The van der Waals surface area contributed by atoms with Crippen molar-refractivity contribution in [2.45, 2.75) is 32.8 Å². The summed E-state index contributed by atoms with van der Waals surface area (Å²) in [4.78, 5) is 11.4. The van der Waals surface area contributed by atoms with E-state index in [0.29, 0.717) is 11.7 Å². The highest BCUT2D eigenvalue weighted by molar-refractivity contribution is 5.77. The van der Waals surface area contributed by atoms with Crippen molar-refractivity contribution in [2.24, 2.45) is 0 Å². The predicted octanol–water partition coefficient (Wildman–Crippen LogP) is 3.22. The van der Waals surface area contributed by atoms with Crippen LogP contribution in [0.1, 0.15) is 30.9 Å². The molecule has 1 atom stereocenters. The Morgan fingerprint density at radius 3 is 2.50 bits per heavy atom. The fourth-order valence-electron chi connectivity index (χ4n) is 1.63. The standard InChI is InChI=1S/C15H20O3/c1-6-14(15(16)17-5)18-13-8-11(4)7-12(9-13)10(2)3/h6-10,14H,1H2,2-5H3. The number of aryl methyl sites for hydroxylation is 1. The van der Waals surface area contributed by atoms with Gasteiger partial charge in [0.05, 0.1) is 7.11 Å². The maximum atomic E-state index is 11.4. The molecular formula is C15H20O3. The molecule has 18 heavy (non-hydrogen) atoms. The summed E-state index contributed by atoms with van der Waals surface area (Å²) >= 11 is 0. The van der Waals surface area contributed by atoms with Crippen LogP contribution in [0.3, 0.4) is 0 Å². The molecule has 0 aliphatic carbocycles. The molecule has 0 aliphatic rings. The van der Waals surface area contributed by atoms with Crippen LogP contribution in [0.2, 0.25) is 0 Å². The normalized spacial score (nSPS) is 12.1. The lowest BCUT2D eigenvalue weighted by atomic mass is 10.0. The molecule has 0 aromatic heterocycles. The molecule has 1 rings (SSSR count). The molecule has 0 N–H and O–H groups in total. The molecule has 1 aromatic carbocycles. The molecule has 0 spiro atoms. The average molecular weight is 248 g/mol. The van der Waals surface area contributed by atoms with Gasteiger partial charge in [0.2, 0.25) is 6.10 Å². The van der Waals surface area contributed by atoms with Crippen LogP contribution in [0.25, 0.3) is 0 Å². The Bertz CT molecular complexity index is 435. The topological polar surface area (TPSA) is 35.5 Å². The summed E-state index contributed by atoms with van der Waals surface area (Å²) in [6.45, 7) is 9.81. The van der Waals surface area contributed by atoms with Crippen LogP contribution >= 0.6 is 0 Å². The molecule has 0 bridgehead atoms. The minimum absolute atomic E-state index is 0.410. The van der Waals surface area contributed by atoms with Gasteiger partial charge in [0.25, 0.3) is 0 Å². The Balaban J connectivity index is 2.96. The maximum absolute atomic E-state index is 11.4. The monoisotopic (exact) mass is 248 g/mol. The number of benzene rings is 1. The number of carbonyl (C=O) groups is 1. The van der Waals surface area contributed by atoms with Gasteiger partial charge >= 0.3 is 5.97 Å². The summed E-state index contributed by atoms with van der Waals surface area (Å²) in [5.41, 5.74) is 2.28. The van der Waals surface area contributed by atoms with Crippen LogP contribution in [0.15, 0.2) is 30.9 Å². The van der Waals surface area contributed by atoms with Crippen molar-refractivity contribution in [3.63, 3.8) is 0 Å². The third kappa shape index (κ3) is 3.62. The molecule has 0 saturated carbocycles. The second-order valence-electron chi connectivity index (χ2n) is 4.53. The molecule has 98 valence electrons. The number of carbonyl (C=O) groups excluding carboxylic acids is 1. The summed E-state index contributed by atoms with van der Waals surface area (Å²) in [6.07, 6.45) is 0.667. The number of ether oxygens (including phenoxy) is 2. The fraction of sp³-hybridized carbons (Fsp3) is 0.400. The molecule has 1 aromatic rings. The second-order valence-corrected chi connectivity index (χ2v) is 4.53. The van der Waals surface area contributed by atoms with Crippen LogP contribution in [-0.2, 0) is 9.53 Å². The largest absolute Gasteiger partial charge is 0.475 e. The minimum atomic E-state index is -0.767. The lowest BCUT2D eigenvalue weighted by molar-refractivity contribution is -0.146. The second kappa shape index (κ2) is 6.24. The highest BCUT2D eigenvalue weighted by Gasteiger charge is 2.17. The van der Waals surface area contributed by atoms with E-state index in [-0.39, 0.29) is 0 Å². The molecule has 0 heterocycles. The average Bonchev–Trinajstić information content (AvgIpc) is 2.34. The third-order valence-corrected chi connectivity index (χ3v) is 2.65.